The Hall–Kier alpha value is -1.11. The highest BCUT2D eigenvalue weighted by atomic mass is 32.2. The monoisotopic (exact) mass is 270 g/mol. The van der Waals surface area contributed by atoms with Gasteiger partial charge in [0.1, 0.15) is 0 Å². The summed E-state index contributed by atoms with van der Waals surface area (Å²) in [5, 5.41) is 19.2. The molecule has 1 saturated heterocycles. The van der Waals surface area contributed by atoms with Crippen molar-refractivity contribution in [1.29, 1.82) is 0 Å². The van der Waals surface area contributed by atoms with E-state index in [1.165, 1.54) is 6.07 Å². The van der Waals surface area contributed by atoms with Gasteiger partial charge in [-0.2, -0.15) is 0 Å². The Morgan fingerprint density at radius 3 is 2.50 bits per heavy atom. The third-order valence-corrected chi connectivity index (χ3v) is 4.28. The van der Waals surface area contributed by atoms with Gasteiger partial charge in [-0.15, -0.1) is 0 Å². The highest BCUT2D eigenvalue weighted by Gasteiger charge is 2.20. The molecule has 5 nitrogen and oxygen atoms in total. The standard InChI is InChI=1S/C12H18N2O3S/c1-18(17)14-7-5-13(6-8-14)9-10-3-2-4-11(15)12(10)16/h2-4,15-16H,5-9H2,1H3. The van der Waals surface area contributed by atoms with Crippen LogP contribution in [0, 0.1) is 0 Å². The molecule has 1 atom stereocenters. The molecule has 0 radical (unpaired) electrons. The van der Waals surface area contributed by atoms with Crippen molar-refractivity contribution in [2.24, 2.45) is 0 Å². The quantitative estimate of drug-likeness (QED) is 0.786. The molecule has 1 fully saturated rings. The number of hydrogen-bond acceptors (Lipinski definition) is 4. The summed E-state index contributed by atoms with van der Waals surface area (Å²) < 4.78 is 13.2. The highest BCUT2D eigenvalue weighted by molar-refractivity contribution is 7.81. The summed E-state index contributed by atoms with van der Waals surface area (Å²) >= 11 is 0. The molecule has 1 aliphatic heterocycles. The topological polar surface area (TPSA) is 64.0 Å². The summed E-state index contributed by atoms with van der Waals surface area (Å²) in [5.74, 6) is -0.125. The van der Waals surface area contributed by atoms with Crippen LogP contribution in [0.1, 0.15) is 5.56 Å². The maximum absolute atomic E-state index is 11.3. The molecule has 1 unspecified atom stereocenters. The summed E-state index contributed by atoms with van der Waals surface area (Å²) in [6.45, 7) is 3.76. The summed E-state index contributed by atoms with van der Waals surface area (Å²) in [7, 11) is -0.904. The molecule has 0 saturated carbocycles. The largest absolute Gasteiger partial charge is 0.504 e. The summed E-state index contributed by atoms with van der Waals surface area (Å²) in [4.78, 5) is 2.18. The zero-order chi connectivity index (χ0) is 13.1. The van der Waals surface area contributed by atoms with Gasteiger partial charge in [0.2, 0.25) is 0 Å². The predicted molar refractivity (Wildman–Crippen MR) is 70.7 cm³/mol. The van der Waals surface area contributed by atoms with E-state index in [1.807, 2.05) is 4.31 Å². The number of phenolic OH excluding ortho intramolecular Hbond substituents is 2. The van der Waals surface area contributed by atoms with E-state index in [9.17, 15) is 14.4 Å². The van der Waals surface area contributed by atoms with Crippen LogP contribution in [0.4, 0.5) is 0 Å². The molecular weight excluding hydrogens is 252 g/mol. The first-order valence-corrected chi connectivity index (χ1v) is 7.40. The number of hydrogen-bond donors (Lipinski definition) is 2. The van der Waals surface area contributed by atoms with E-state index in [-0.39, 0.29) is 11.5 Å². The third-order valence-electron chi connectivity index (χ3n) is 3.19. The number of piperazine rings is 1. The van der Waals surface area contributed by atoms with Crippen molar-refractivity contribution in [2.45, 2.75) is 6.54 Å². The molecule has 100 valence electrons. The predicted octanol–water partition coefficient (Wildman–Crippen LogP) is 0.509. The number of para-hydroxylation sites is 1. The summed E-state index contributed by atoms with van der Waals surface area (Å²) in [6, 6.07) is 5.00. The fourth-order valence-corrected chi connectivity index (χ4v) is 2.77. The van der Waals surface area contributed by atoms with Gasteiger partial charge in [0.05, 0.1) is 11.0 Å². The lowest BCUT2D eigenvalue weighted by Gasteiger charge is -2.33. The molecular formula is C12H18N2O3S. The number of aromatic hydroxyl groups is 2. The minimum absolute atomic E-state index is 0.0426. The average Bonchev–Trinajstić information content (AvgIpc) is 2.36. The zero-order valence-electron chi connectivity index (χ0n) is 10.4. The van der Waals surface area contributed by atoms with Crippen molar-refractivity contribution in [1.82, 2.24) is 9.21 Å². The van der Waals surface area contributed by atoms with Gasteiger partial charge in [-0.05, 0) is 6.07 Å². The molecule has 2 rings (SSSR count). The normalized spacial score (nSPS) is 19.8. The number of benzene rings is 1. The van der Waals surface area contributed by atoms with Gasteiger partial charge in [-0.1, -0.05) is 12.1 Å². The van der Waals surface area contributed by atoms with Crippen LogP contribution in [0.15, 0.2) is 18.2 Å². The van der Waals surface area contributed by atoms with Crippen molar-refractivity contribution in [3.8, 4) is 11.5 Å². The Morgan fingerprint density at radius 1 is 1.22 bits per heavy atom. The molecule has 0 aromatic heterocycles. The second kappa shape index (κ2) is 5.69. The van der Waals surface area contributed by atoms with Gasteiger partial charge >= 0.3 is 0 Å². The molecule has 1 aromatic rings. The molecule has 1 heterocycles. The molecule has 1 aliphatic rings. The lowest BCUT2D eigenvalue weighted by molar-refractivity contribution is 0.184. The maximum atomic E-state index is 11.3. The number of phenols is 2. The van der Waals surface area contributed by atoms with Crippen molar-refractivity contribution in [3.63, 3.8) is 0 Å². The lowest BCUT2D eigenvalue weighted by Crippen LogP contribution is -2.46. The highest BCUT2D eigenvalue weighted by Crippen LogP contribution is 2.29. The van der Waals surface area contributed by atoms with Gasteiger partial charge in [-0.25, -0.2) is 8.51 Å². The number of nitrogens with zero attached hydrogens (tertiary/aromatic N) is 2. The van der Waals surface area contributed by atoms with E-state index in [4.69, 9.17) is 0 Å². The Bertz CT molecular complexity index is 445. The average molecular weight is 270 g/mol. The van der Waals surface area contributed by atoms with Crippen LogP contribution in [0.2, 0.25) is 0 Å². The van der Waals surface area contributed by atoms with Crippen molar-refractivity contribution < 1.29 is 14.4 Å². The third kappa shape index (κ3) is 3.01. The molecule has 1 aromatic carbocycles. The van der Waals surface area contributed by atoms with Gasteiger partial charge < -0.3 is 10.2 Å². The van der Waals surface area contributed by atoms with E-state index in [0.717, 1.165) is 31.7 Å². The first-order valence-electron chi connectivity index (χ1n) is 5.88. The zero-order valence-corrected chi connectivity index (χ0v) is 11.2. The van der Waals surface area contributed by atoms with Crippen LogP contribution in [-0.4, -0.2) is 56.1 Å². The molecule has 0 aliphatic carbocycles. The second-order valence-electron chi connectivity index (χ2n) is 4.41. The van der Waals surface area contributed by atoms with Gasteiger partial charge in [-0.3, -0.25) is 4.90 Å². The van der Waals surface area contributed by atoms with Gasteiger partial charge in [0.15, 0.2) is 11.5 Å². The van der Waals surface area contributed by atoms with Gasteiger partial charge in [0, 0.05) is 44.5 Å². The van der Waals surface area contributed by atoms with E-state index in [2.05, 4.69) is 4.90 Å². The van der Waals surface area contributed by atoms with Crippen molar-refractivity contribution >= 4 is 11.0 Å². The van der Waals surface area contributed by atoms with E-state index >= 15 is 0 Å². The van der Waals surface area contributed by atoms with Crippen molar-refractivity contribution in [3.05, 3.63) is 23.8 Å². The first-order chi connectivity index (χ1) is 8.58. The van der Waals surface area contributed by atoms with E-state index in [1.54, 1.807) is 18.4 Å². The Labute approximate surface area is 109 Å². The summed E-state index contributed by atoms with van der Waals surface area (Å²) in [6.07, 6.45) is 1.69. The molecule has 6 heteroatoms. The van der Waals surface area contributed by atoms with E-state index < -0.39 is 11.0 Å². The fourth-order valence-electron chi connectivity index (χ4n) is 2.09. The molecule has 2 N–H and O–H groups in total. The SMILES string of the molecule is CS(=O)N1CCN(Cc2cccc(O)c2O)CC1. The molecule has 18 heavy (non-hydrogen) atoms. The Balaban J connectivity index is 1.96. The second-order valence-corrected chi connectivity index (χ2v) is 5.78. The van der Waals surface area contributed by atoms with Crippen LogP contribution in [0.25, 0.3) is 0 Å². The van der Waals surface area contributed by atoms with Crippen LogP contribution < -0.4 is 0 Å². The summed E-state index contributed by atoms with van der Waals surface area (Å²) in [5.41, 5.74) is 0.723. The number of rotatable bonds is 3. The smallest absolute Gasteiger partial charge is 0.161 e. The molecule has 0 amide bonds. The van der Waals surface area contributed by atoms with Crippen LogP contribution in [0.3, 0.4) is 0 Å². The molecule has 0 bridgehead atoms. The fraction of sp³-hybridized carbons (Fsp3) is 0.500. The molecule has 0 spiro atoms. The lowest BCUT2D eigenvalue weighted by atomic mass is 10.1. The van der Waals surface area contributed by atoms with Crippen LogP contribution >= 0.6 is 0 Å². The van der Waals surface area contributed by atoms with Crippen molar-refractivity contribution in [2.75, 3.05) is 32.4 Å². The minimum atomic E-state index is -0.904. The minimum Gasteiger partial charge on any atom is -0.504 e. The Morgan fingerprint density at radius 2 is 1.89 bits per heavy atom. The van der Waals surface area contributed by atoms with Gasteiger partial charge in [0.25, 0.3) is 0 Å². The van der Waals surface area contributed by atoms with Crippen LogP contribution in [0.5, 0.6) is 11.5 Å². The van der Waals surface area contributed by atoms with E-state index in [0.29, 0.717) is 6.54 Å². The first kappa shape index (κ1) is 13.3. The van der Waals surface area contributed by atoms with Crippen LogP contribution in [-0.2, 0) is 17.5 Å². The maximum Gasteiger partial charge on any atom is 0.161 e. The Kier molecular flexibility index (Phi) is 4.21.